The number of nitrogens with one attached hydrogen (secondary N) is 2. The lowest BCUT2D eigenvalue weighted by Gasteiger charge is -2.32. The smallest absolute Gasteiger partial charge is 0.269 e. The highest BCUT2D eigenvalue weighted by molar-refractivity contribution is 6.08. The molecule has 0 radical (unpaired) electrons. The van der Waals surface area contributed by atoms with Crippen LogP contribution in [0.15, 0.2) is 48.5 Å². The number of hydrogen-bond acceptors (Lipinski definition) is 5. The zero-order valence-electron chi connectivity index (χ0n) is 14.7. The molecule has 0 aliphatic carbocycles. The first kappa shape index (κ1) is 18.1. The SMILES string of the molecule is CC1(C)Oc2cccc(NC(=O)/C=C/c3ccc([N+](=O)[O-])cc3)c2NC1=O. The van der Waals surface area contributed by atoms with E-state index in [4.69, 9.17) is 4.74 Å². The number of nitro benzene ring substituents is 1. The molecular formula is C19H17N3O5. The summed E-state index contributed by atoms with van der Waals surface area (Å²) in [5, 5.41) is 16.1. The Balaban J connectivity index is 1.73. The highest BCUT2D eigenvalue weighted by Crippen LogP contribution is 2.38. The van der Waals surface area contributed by atoms with Crippen molar-refractivity contribution in [1.82, 2.24) is 0 Å². The van der Waals surface area contributed by atoms with Crippen LogP contribution in [0.25, 0.3) is 6.08 Å². The zero-order valence-corrected chi connectivity index (χ0v) is 14.7. The summed E-state index contributed by atoms with van der Waals surface area (Å²) in [6.07, 6.45) is 2.84. The van der Waals surface area contributed by atoms with Crippen molar-refractivity contribution in [2.75, 3.05) is 10.6 Å². The molecule has 1 aliphatic rings. The fourth-order valence-electron chi connectivity index (χ4n) is 2.49. The lowest BCUT2D eigenvalue weighted by molar-refractivity contribution is -0.384. The minimum atomic E-state index is -0.995. The fourth-order valence-corrected chi connectivity index (χ4v) is 2.49. The van der Waals surface area contributed by atoms with Crippen LogP contribution in [0.3, 0.4) is 0 Å². The molecule has 2 aromatic rings. The summed E-state index contributed by atoms with van der Waals surface area (Å²) < 4.78 is 5.68. The number of carbonyl (C=O) groups is 2. The normalized spacial score (nSPS) is 14.8. The number of carbonyl (C=O) groups excluding carboxylic acids is 2. The first-order chi connectivity index (χ1) is 12.8. The summed E-state index contributed by atoms with van der Waals surface area (Å²) >= 11 is 0. The lowest BCUT2D eigenvalue weighted by atomic mass is 10.1. The number of nitro groups is 1. The summed E-state index contributed by atoms with van der Waals surface area (Å²) in [5.74, 6) is -0.254. The average Bonchev–Trinajstić information content (AvgIpc) is 2.61. The van der Waals surface area contributed by atoms with Crippen LogP contribution < -0.4 is 15.4 Å². The van der Waals surface area contributed by atoms with Crippen molar-refractivity contribution in [1.29, 1.82) is 0 Å². The van der Waals surface area contributed by atoms with Gasteiger partial charge in [0.2, 0.25) is 5.91 Å². The second-order valence-corrected chi connectivity index (χ2v) is 6.42. The number of rotatable bonds is 4. The van der Waals surface area contributed by atoms with E-state index in [-0.39, 0.29) is 11.6 Å². The van der Waals surface area contributed by atoms with Crippen molar-refractivity contribution in [3.8, 4) is 5.75 Å². The van der Waals surface area contributed by atoms with Crippen LogP contribution in [0, 0.1) is 10.1 Å². The molecule has 27 heavy (non-hydrogen) atoms. The number of non-ortho nitro benzene ring substituents is 1. The third-order valence-corrected chi connectivity index (χ3v) is 3.97. The Bertz CT molecular complexity index is 948. The molecular weight excluding hydrogens is 350 g/mol. The van der Waals surface area contributed by atoms with E-state index in [9.17, 15) is 19.7 Å². The molecule has 0 bridgehead atoms. The average molecular weight is 367 g/mol. The van der Waals surface area contributed by atoms with Crippen molar-refractivity contribution >= 4 is 35.0 Å². The highest BCUT2D eigenvalue weighted by Gasteiger charge is 2.36. The van der Waals surface area contributed by atoms with Crippen molar-refractivity contribution in [3.63, 3.8) is 0 Å². The summed E-state index contributed by atoms with van der Waals surface area (Å²) in [5.41, 5.74) is 0.440. The first-order valence-corrected chi connectivity index (χ1v) is 8.13. The Hall–Kier alpha value is -3.68. The molecule has 1 heterocycles. The van der Waals surface area contributed by atoms with E-state index in [1.54, 1.807) is 44.2 Å². The van der Waals surface area contributed by atoms with E-state index >= 15 is 0 Å². The Morgan fingerprint density at radius 1 is 1.22 bits per heavy atom. The topological polar surface area (TPSA) is 111 Å². The fraction of sp³-hybridized carbons (Fsp3) is 0.158. The molecule has 2 amide bonds. The first-order valence-electron chi connectivity index (χ1n) is 8.13. The van der Waals surface area contributed by atoms with Gasteiger partial charge in [0, 0.05) is 18.2 Å². The third kappa shape index (κ3) is 3.95. The van der Waals surface area contributed by atoms with Crippen molar-refractivity contribution in [2.24, 2.45) is 0 Å². The van der Waals surface area contributed by atoms with Gasteiger partial charge in [0.1, 0.15) is 11.4 Å². The molecule has 3 rings (SSSR count). The van der Waals surface area contributed by atoms with Gasteiger partial charge in [-0.2, -0.15) is 0 Å². The number of para-hydroxylation sites is 1. The Kier molecular flexibility index (Phi) is 4.64. The van der Waals surface area contributed by atoms with Crippen molar-refractivity contribution in [3.05, 3.63) is 64.2 Å². The van der Waals surface area contributed by atoms with E-state index < -0.39 is 16.4 Å². The standard InChI is InChI=1S/C19H17N3O5/c1-19(2)18(24)21-17-14(4-3-5-15(17)27-19)20-16(23)11-8-12-6-9-13(10-7-12)22(25)26/h3-11H,1-2H3,(H,20,23)(H,21,24)/b11-8+. The highest BCUT2D eigenvalue weighted by atomic mass is 16.6. The van der Waals surface area contributed by atoms with Gasteiger partial charge in [0.15, 0.2) is 5.60 Å². The molecule has 138 valence electrons. The Labute approximate surface area is 155 Å². The van der Waals surface area contributed by atoms with Gasteiger partial charge in [0.25, 0.3) is 11.6 Å². The molecule has 0 saturated carbocycles. The van der Waals surface area contributed by atoms with Crippen LogP contribution >= 0.6 is 0 Å². The van der Waals surface area contributed by atoms with Gasteiger partial charge in [-0.25, -0.2) is 0 Å². The lowest BCUT2D eigenvalue weighted by Crippen LogP contribution is -2.45. The number of fused-ring (bicyclic) bond motifs is 1. The maximum absolute atomic E-state index is 12.2. The van der Waals surface area contributed by atoms with Crippen LogP contribution in [0.1, 0.15) is 19.4 Å². The molecule has 0 saturated heterocycles. The zero-order chi connectivity index (χ0) is 19.6. The number of amides is 2. The number of ether oxygens (including phenoxy) is 1. The maximum atomic E-state index is 12.2. The molecule has 0 atom stereocenters. The van der Waals surface area contributed by atoms with E-state index in [1.807, 2.05) is 0 Å². The van der Waals surface area contributed by atoms with Gasteiger partial charge in [-0.15, -0.1) is 0 Å². The maximum Gasteiger partial charge on any atom is 0.269 e. The van der Waals surface area contributed by atoms with Gasteiger partial charge in [0.05, 0.1) is 10.6 Å². The monoisotopic (exact) mass is 367 g/mol. The molecule has 2 N–H and O–H groups in total. The van der Waals surface area contributed by atoms with Gasteiger partial charge in [-0.05, 0) is 49.8 Å². The molecule has 8 nitrogen and oxygen atoms in total. The van der Waals surface area contributed by atoms with Gasteiger partial charge in [-0.1, -0.05) is 6.07 Å². The molecule has 0 spiro atoms. The summed E-state index contributed by atoms with van der Waals surface area (Å²) in [6, 6.07) is 10.9. The van der Waals surface area contributed by atoms with E-state index in [0.29, 0.717) is 22.7 Å². The van der Waals surface area contributed by atoms with Crippen LogP contribution in [-0.4, -0.2) is 22.3 Å². The second kappa shape index (κ2) is 6.91. The molecule has 0 unspecified atom stereocenters. The van der Waals surface area contributed by atoms with E-state index in [1.165, 1.54) is 24.3 Å². The third-order valence-electron chi connectivity index (χ3n) is 3.97. The molecule has 0 aromatic heterocycles. The van der Waals surface area contributed by atoms with E-state index in [0.717, 1.165) is 0 Å². The minimum Gasteiger partial charge on any atom is -0.476 e. The van der Waals surface area contributed by atoms with Crippen LogP contribution in [-0.2, 0) is 9.59 Å². The number of anilines is 2. The predicted molar refractivity (Wildman–Crippen MR) is 101 cm³/mol. The summed E-state index contributed by atoms with van der Waals surface area (Å²) in [6.45, 7) is 3.31. The largest absolute Gasteiger partial charge is 0.476 e. The minimum absolute atomic E-state index is 0.0221. The summed E-state index contributed by atoms with van der Waals surface area (Å²) in [4.78, 5) is 34.4. The van der Waals surface area contributed by atoms with Crippen molar-refractivity contribution in [2.45, 2.75) is 19.4 Å². The van der Waals surface area contributed by atoms with Crippen LogP contribution in [0.2, 0.25) is 0 Å². The summed E-state index contributed by atoms with van der Waals surface area (Å²) in [7, 11) is 0. The number of hydrogen-bond donors (Lipinski definition) is 2. The molecule has 0 fully saturated rings. The van der Waals surface area contributed by atoms with E-state index in [2.05, 4.69) is 10.6 Å². The quantitative estimate of drug-likeness (QED) is 0.489. The number of nitrogens with zero attached hydrogens (tertiary/aromatic N) is 1. The predicted octanol–water partition coefficient (Wildman–Crippen LogP) is 3.36. The number of benzene rings is 2. The van der Waals surface area contributed by atoms with Crippen LogP contribution in [0.4, 0.5) is 17.1 Å². The molecule has 1 aliphatic heterocycles. The van der Waals surface area contributed by atoms with Crippen molar-refractivity contribution < 1.29 is 19.2 Å². The van der Waals surface area contributed by atoms with Crippen LogP contribution in [0.5, 0.6) is 5.75 Å². The van der Waals surface area contributed by atoms with Gasteiger partial charge in [-0.3, -0.25) is 19.7 Å². The molecule has 2 aromatic carbocycles. The Morgan fingerprint density at radius 2 is 1.93 bits per heavy atom. The van der Waals surface area contributed by atoms with Gasteiger partial charge < -0.3 is 15.4 Å². The van der Waals surface area contributed by atoms with Gasteiger partial charge >= 0.3 is 0 Å². The molecule has 8 heteroatoms. The Morgan fingerprint density at radius 3 is 2.59 bits per heavy atom. The second-order valence-electron chi connectivity index (χ2n) is 6.42.